The van der Waals surface area contributed by atoms with E-state index in [1.54, 1.807) is 0 Å². The van der Waals surface area contributed by atoms with E-state index in [1.165, 1.54) is 31.1 Å². The molecule has 5 nitrogen and oxygen atoms in total. The monoisotopic (exact) mass is 436 g/mol. The van der Waals surface area contributed by atoms with Gasteiger partial charge in [-0.15, -0.1) is 0 Å². The summed E-state index contributed by atoms with van der Waals surface area (Å²) in [5, 5.41) is 15.7. The zero-order valence-electron chi connectivity index (χ0n) is 18.6. The van der Waals surface area contributed by atoms with E-state index in [2.05, 4.69) is 27.7 Å². The van der Waals surface area contributed by atoms with Crippen molar-refractivity contribution < 1.29 is 4.79 Å². The first-order valence-electron chi connectivity index (χ1n) is 11.4. The molecule has 5 heteroatoms. The normalized spacial score (nSPS) is 13.9. The molecular weight excluding hydrogens is 408 g/mol. The minimum atomic E-state index is -0.423. The summed E-state index contributed by atoms with van der Waals surface area (Å²) in [4.78, 5) is 15.4. The Balaban J connectivity index is 1.46. The van der Waals surface area contributed by atoms with Crippen LogP contribution in [0.25, 0.3) is 0 Å². The van der Waals surface area contributed by atoms with Crippen LogP contribution in [0.4, 0.5) is 11.4 Å². The number of hydrogen-bond donors (Lipinski definition) is 2. The molecule has 1 heterocycles. The Labute approximate surface area is 195 Å². The van der Waals surface area contributed by atoms with Gasteiger partial charge < -0.3 is 15.5 Å². The standard InChI is InChI=1S/C28H28N4O/c29-20-24(21-30-25-14-16-26(17-15-25)32-18-8-3-9-19-32)28(33)31-27(22-10-4-1-5-11-22)23-12-6-2-7-13-23/h1-2,4-7,10-17,21,27,30H,3,8-9,18-19H2,(H,31,33)/b24-21-. The molecule has 0 spiro atoms. The molecule has 1 aliphatic rings. The lowest BCUT2D eigenvalue weighted by molar-refractivity contribution is -0.117. The van der Waals surface area contributed by atoms with Crippen molar-refractivity contribution >= 4 is 17.3 Å². The van der Waals surface area contributed by atoms with Gasteiger partial charge in [-0.05, 0) is 54.7 Å². The van der Waals surface area contributed by atoms with Gasteiger partial charge in [-0.3, -0.25) is 4.79 Å². The van der Waals surface area contributed by atoms with E-state index in [-0.39, 0.29) is 11.6 Å². The van der Waals surface area contributed by atoms with E-state index in [0.717, 1.165) is 29.9 Å². The molecule has 0 radical (unpaired) electrons. The molecule has 4 rings (SSSR count). The molecule has 1 saturated heterocycles. The summed E-state index contributed by atoms with van der Waals surface area (Å²) in [6.07, 6.45) is 5.24. The van der Waals surface area contributed by atoms with Gasteiger partial charge in [-0.25, -0.2) is 0 Å². The Hall–Kier alpha value is -4.04. The maximum Gasteiger partial charge on any atom is 0.264 e. The van der Waals surface area contributed by atoms with Crippen LogP contribution in [0.15, 0.2) is 96.7 Å². The van der Waals surface area contributed by atoms with Crippen LogP contribution in [0.3, 0.4) is 0 Å². The summed E-state index contributed by atoms with van der Waals surface area (Å²) >= 11 is 0. The van der Waals surface area contributed by atoms with Crippen LogP contribution in [-0.2, 0) is 4.79 Å². The lowest BCUT2D eigenvalue weighted by atomic mass is 9.98. The van der Waals surface area contributed by atoms with Crippen LogP contribution >= 0.6 is 0 Å². The third-order valence-electron chi connectivity index (χ3n) is 5.88. The molecule has 0 aliphatic carbocycles. The summed E-state index contributed by atoms with van der Waals surface area (Å²) in [5.41, 5.74) is 3.97. The average molecular weight is 437 g/mol. The summed E-state index contributed by atoms with van der Waals surface area (Å²) in [6, 6.07) is 29.3. The second kappa shape index (κ2) is 11.0. The van der Waals surface area contributed by atoms with E-state index in [9.17, 15) is 10.1 Å². The molecule has 1 aliphatic heterocycles. The number of nitrogens with zero attached hydrogens (tertiary/aromatic N) is 2. The highest BCUT2D eigenvalue weighted by Crippen LogP contribution is 2.23. The fraction of sp³-hybridized carbons (Fsp3) is 0.214. The highest BCUT2D eigenvalue weighted by Gasteiger charge is 2.19. The maximum absolute atomic E-state index is 13.0. The number of piperidine rings is 1. The molecule has 1 amide bonds. The highest BCUT2D eigenvalue weighted by atomic mass is 16.1. The van der Waals surface area contributed by atoms with Crippen LogP contribution < -0.4 is 15.5 Å². The number of hydrogen-bond acceptors (Lipinski definition) is 4. The van der Waals surface area contributed by atoms with Gasteiger partial charge in [0, 0.05) is 30.7 Å². The third-order valence-corrected chi connectivity index (χ3v) is 5.88. The molecule has 2 N–H and O–H groups in total. The number of carbonyl (C=O) groups is 1. The molecule has 0 unspecified atom stereocenters. The van der Waals surface area contributed by atoms with Gasteiger partial charge in [0.15, 0.2) is 0 Å². The van der Waals surface area contributed by atoms with E-state index < -0.39 is 5.91 Å². The van der Waals surface area contributed by atoms with Crippen LogP contribution in [-0.4, -0.2) is 19.0 Å². The predicted molar refractivity (Wildman–Crippen MR) is 133 cm³/mol. The number of benzene rings is 3. The van der Waals surface area contributed by atoms with Gasteiger partial charge in [0.05, 0.1) is 6.04 Å². The van der Waals surface area contributed by atoms with E-state index in [1.807, 2.05) is 78.9 Å². The maximum atomic E-state index is 13.0. The quantitative estimate of drug-likeness (QED) is 0.384. The zero-order chi connectivity index (χ0) is 22.9. The van der Waals surface area contributed by atoms with Gasteiger partial charge in [-0.1, -0.05) is 60.7 Å². The molecule has 1 fully saturated rings. The molecule has 0 aromatic heterocycles. The van der Waals surface area contributed by atoms with Crippen molar-refractivity contribution in [2.45, 2.75) is 25.3 Å². The van der Waals surface area contributed by atoms with Crippen molar-refractivity contribution in [3.63, 3.8) is 0 Å². The van der Waals surface area contributed by atoms with Crippen molar-refractivity contribution in [3.8, 4) is 6.07 Å². The van der Waals surface area contributed by atoms with E-state index in [4.69, 9.17) is 0 Å². The van der Waals surface area contributed by atoms with Crippen LogP contribution in [0.2, 0.25) is 0 Å². The molecule has 166 valence electrons. The first-order chi connectivity index (χ1) is 16.2. The molecule has 0 saturated carbocycles. The minimum absolute atomic E-state index is 0.0203. The number of rotatable bonds is 7. The third kappa shape index (κ3) is 5.81. The number of carbonyl (C=O) groups excluding carboxylic acids is 1. The topological polar surface area (TPSA) is 68.2 Å². The fourth-order valence-corrected chi connectivity index (χ4v) is 4.08. The van der Waals surface area contributed by atoms with Crippen molar-refractivity contribution in [2.75, 3.05) is 23.3 Å². The summed E-state index contributed by atoms with van der Waals surface area (Å²) < 4.78 is 0. The second-order valence-electron chi connectivity index (χ2n) is 8.14. The smallest absolute Gasteiger partial charge is 0.264 e. The Morgan fingerprint density at radius 3 is 1.97 bits per heavy atom. The van der Waals surface area contributed by atoms with Gasteiger partial charge in [0.2, 0.25) is 0 Å². The summed E-state index contributed by atoms with van der Waals surface area (Å²) in [6.45, 7) is 2.19. The van der Waals surface area contributed by atoms with Gasteiger partial charge in [0.25, 0.3) is 5.91 Å². The van der Waals surface area contributed by atoms with E-state index in [0.29, 0.717) is 0 Å². The SMILES string of the molecule is N#C/C(=C/Nc1ccc(N2CCCCC2)cc1)C(=O)NC(c1ccccc1)c1ccccc1. The van der Waals surface area contributed by atoms with Crippen LogP contribution in [0.5, 0.6) is 0 Å². The largest absolute Gasteiger partial charge is 0.372 e. The molecule has 3 aromatic carbocycles. The zero-order valence-corrected chi connectivity index (χ0v) is 18.6. The average Bonchev–Trinajstić information content (AvgIpc) is 2.89. The van der Waals surface area contributed by atoms with Gasteiger partial charge in [-0.2, -0.15) is 5.26 Å². The van der Waals surface area contributed by atoms with E-state index >= 15 is 0 Å². The molecule has 0 atom stereocenters. The van der Waals surface area contributed by atoms with Gasteiger partial charge in [0.1, 0.15) is 11.6 Å². The Bertz CT molecular complexity index is 1070. The Morgan fingerprint density at radius 2 is 1.42 bits per heavy atom. The first kappa shape index (κ1) is 22.2. The summed E-state index contributed by atoms with van der Waals surface area (Å²) in [7, 11) is 0. The summed E-state index contributed by atoms with van der Waals surface area (Å²) in [5.74, 6) is -0.423. The number of nitrogens with one attached hydrogen (secondary N) is 2. The number of anilines is 2. The minimum Gasteiger partial charge on any atom is -0.372 e. The first-order valence-corrected chi connectivity index (χ1v) is 11.4. The number of nitriles is 1. The molecule has 3 aromatic rings. The van der Waals surface area contributed by atoms with Crippen molar-refractivity contribution in [1.82, 2.24) is 5.32 Å². The number of amides is 1. The van der Waals surface area contributed by atoms with Gasteiger partial charge >= 0.3 is 0 Å². The van der Waals surface area contributed by atoms with Crippen molar-refractivity contribution in [1.29, 1.82) is 5.26 Å². The van der Waals surface area contributed by atoms with Crippen LogP contribution in [0, 0.1) is 11.3 Å². The molecule has 33 heavy (non-hydrogen) atoms. The van der Waals surface area contributed by atoms with Crippen molar-refractivity contribution in [3.05, 3.63) is 108 Å². The Kier molecular flexibility index (Phi) is 7.40. The van der Waals surface area contributed by atoms with Crippen LogP contribution in [0.1, 0.15) is 36.4 Å². The molecular formula is C28H28N4O. The second-order valence-corrected chi connectivity index (χ2v) is 8.14. The predicted octanol–water partition coefficient (Wildman–Crippen LogP) is 5.40. The fourth-order valence-electron chi connectivity index (χ4n) is 4.08. The van der Waals surface area contributed by atoms with Crippen molar-refractivity contribution in [2.24, 2.45) is 0 Å². The lowest BCUT2D eigenvalue weighted by Gasteiger charge is -2.28. The highest BCUT2D eigenvalue weighted by molar-refractivity contribution is 5.98. The molecule has 0 bridgehead atoms. The Morgan fingerprint density at radius 1 is 0.848 bits per heavy atom. The lowest BCUT2D eigenvalue weighted by Crippen LogP contribution is -2.30.